The Morgan fingerprint density at radius 1 is 1.20 bits per heavy atom. The number of hydrogen-bond acceptors (Lipinski definition) is 2. The third-order valence-electron chi connectivity index (χ3n) is 5.06. The van der Waals surface area contributed by atoms with Crippen molar-refractivity contribution in [1.29, 1.82) is 0 Å². The van der Waals surface area contributed by atoms with Crippen LogP contribution >= 0.6 is 0 Å². The van der Waals surface area contributed by atoms with E-state index in [1.807, 2.05) is 26.0 Å². The van der Waals surface area contributed by atoms with Gasteiger partial charge in [0.05, 0.1) is 11.1 Å². The summed E-state index contributed by atoms with van der Waals surface area (Å²) in [6, 6.07) is 4.04. The second-order valence-corrected chi connectivity index (χ2v) is 6.22. The van der Waals surface area contributed by atoms with Crippen LogP contribution in [0.25, 0.3) is 10.9 Å². The molecule has 102 valence electrons. The predicted octanol–water partition coefficient (Wildman–Crippen LogP) is 3.91. The van der Waals surface area contributed by atoms with Crippen molar-refractivity contribution in [2.24, 2.45) is 0 Å². The number of carbonyl (C=O) groups is 1. The van der Waals surface area contributed by atoms with Gasteiger partial charge in [-0.05, 0) is 55.7 Å². The molecule has 3 nitrogen and oxygen atoms in total. The zero-order valence-electron chi connectivity index (χ0n) is 11.7. The number of aromatic nitrogens is 1. The molecule has 0 amide bonds. The number of carboxylic acids is 1. The Morgan fingerprint density at radius 2 is 1.90 bits per heavy atom. The van der Waals surface area contributed by atoms with E-state index < -0.39 is 5.97 Å². The Hall–Kier alpha value is -1.90. The molecule has 0 spiro atoms. The normalized spacial score (nSPS) is 23.3. The molecular formula is C17H17NO2. The predicted molar refractivity (Wildman–Crippen MR) is 77.5 cm³/mol. The zero-order valence-corrected chi connectivity index (χ0v) is 11.7. The van der Waals surface area contributed by atoms with Gasteiger partial charge in [0.1, 0.15) is 0 Å². The highest BCUT2D eigenvalue weighted by molar-refractivity contribution is 6.06. The quantitative estimate of drug-likeness (QED) is 0.852. The van der Waals surface area contributed by atoms with Gasteiger partial charge in [-0.2, -0.15) is 0 Å². The smallest absolute Gasteiger partial charge is 0.336 e. The average molecular weight is 267 g/mol. The van der Waals surface area contributed by atoms with Gasteiger partial charge in [0.2, 0.25) is 0 Å². The maximum absolute atomic E-state index is 11.9. The lowest BCUT2D eigenvalue weighted by molar-refractivity contribution is 0.0697. The number of hydrogen-bond donors (Lipinski definition) is 1. The van der Waals surface area contributed by atoms with Crippen molar-refractivity contribution in [3.8, 4) is 0 Å². The minimum Gasteiger partial charge on any atom is -0.478 e. The topological polar surface area (TPSA) is 50.2 Å². The summed E-state index contributed by atoms with van der Waals surface area (Å²) in [4.78, 5) is 16.8. The van der Waals surface area contributed by atoms with Gasteiger partial charge in [0.15, 0.2) is 0 Å². The van der Waals surface area contributed by atoms with Gasteiger partial charge < -0.3 is 5.11 Å². The molecule has 2 unspecified atom stereocenters. The SMILES string of the molecule is Cc1ccc(C)c2c(C(=O)O)c3c(nc12)C1CCC3C1. The Morgan fingerprint density at radius 3 is 2.65 bits per heavy atom. The Kier molecular flexibility index (Phi) is 2.27. The fourth-order valence-corrected chi connectivity index (χ4v) is 4.14. The van der Waals surface area contributed by atoms with Crippen molar-refractivity contribution in [1.82, 2.24) is 4.98 Å². The first kappa shape index (κ1) is 11.9. The monoisotopic (exact) mass is 267 g/mol. The van der Waals surface area contributed by atoms with Crippen LogP contribution in [0.15, 0.2) is 12.1 Å². The van der Waals surface area contributed by atoms with Gasteiger partial charge in [0, 0.05) is 17.0 Å². The van der Waals surface area contributed by atoms with Crippen molar-refractivity contribution in [3.63, 3.8) is 0 Å². The lowest BCUT2D eigenvalue weighted by Gasteiger charge is -2.20. The van der Waals surface area contributed by atoms with E-state index in [9.17, 15) is 9.90 Å². The molecule has 1 fully saturated rings. The van der Waals surface area contributed by atoms with Gasteiger partial charge in [-0.15, -0.1) is 0 Å². The molecule has 1 aromatic heterocycles. The van der Waals surface area contributed by atoms with E-state index in [-0.39, 0.29) is 0 Å². The number of fused-ring (bicyclic) bond motifs is 6. The fraction of sp³-hybridized carbons (Fsp3) is 0.412. The Balaban J connectivity index is 2.21. The molecule has 1 N–H and O–H groups in total. The third kappa shape index (κ3) is 1.35. The van der Waals surface area contributed by atoms with Crippen LogP contribution in [-0.2, 0) is 0 Å². The highest BCUT2D eigenvalue weighted by Crippen LogP contribution is 2.54. The first-order valence-corrected chi connectivity index (χ1v) is 7.25. The van der Waals surface area contributed by atoms with Gasteiger partial charge >= 0.3 is 5.97 Å². The van der Waals surface area contributed by atoms with Crippen molar-refractivity contribution in [2.75, 3.05) is 0 Å². The number of rotatable bonds is 1. The van der Waals surface area contributed by atoms with Crippen LogP contribution in [0.5, 0.6) is 0 Å². The van der Waals surface area contributed by atoms with Crippen molar-refractivity contribution in [2.45, 2.75) is 44.9 Å². The number of pyridine rings is 1. The summed E-state index contributed by atoms with van der Waals surface area (Å²) < 4.78 is 0. The highest BCUT2D eigenvalue weighted by Gasteiger charge is 2.41. The number of benzene rings is 1. The number of carboxylic acid groups (broad SMARTS) is 1. The summed E-state index contributed by atoms with van der Waals surface area (Å²) in [5.74, 6) is 0.102. The van der Waals surface area contributed by atoms with E-state index in [1.165, 1.54) is 6.42 Å². The molecule has 1 saturated carbocycles. The fourth-order valence-electron chi connectivity index (χ4n) is 4.14. The zero-order chi connectivity index (χ0) is 14.0. The minimum atomic E-state index is -0.796. The lowest BCUT2D eigenvalue weighted by atomic mass is 9.88. The molecule has 1 heterocycles. The van der Waals surface area contributed by atoms with Crippen LogP contribution in [0.1, 0.15) is 63.8 Å². The first-order valence-electron chi connectivity index (χ1n) is 7.25. The summed E-state index contributed by atoms with van der Waals surface area (Å²) in [6.07, 6.45) is 3.38. The largest absolute Gasteiger partial charge is 0.478 e. The second kappa shape index (κ2) is 3.81. The Labute approximate surface area is 117 Å². The van der Waals surface area contributed by atoms with E-state index in [0.29, 0.717) is 17.4 Å². The summed E-state index contributed by atoms with van der Waals surface area (Å²) in [6.45, 7) is 4.00. The molecule has 0 aliphatic heterocycles. The second-order valence-electron chi connectivity index (χ2n) is 6.22. The van der Waals surface area contributed by atoms with E-state index in [4.69, 9.17) is 4.98 Å². The minimum absolute atomic E-state index is 0.415. The molecule has 3 heteroatoms. The molecule has 20 heavy (non-hydrogen) atoms. The molecule has 2 aliphatic carbocycles. The summed E-state index contributed by atoms with van der Waals surface area (Å²) >= 11 is 0. The standard InChI is InChI=1S/C17H17NO2/c1-8-3-4-9(2)15-12(8)14(17(19)20)13-10-5-6-11(7-10)16(13)18-15/h3-4,10-11H,5-7H2,1-2H3,(H,19,20). The highest BCUT2D eigenvalue weighted by atomic mass is 16.4. The lowest BCUT2D eigenvalue weighted by Crippen LogP contribution is -2.12. The van der Waals surface area contributed by atoms with Gasteiger partial charge in [-0.3, -0.25) is 4.98 Å². The van der Waals surface area contributed by atoms with Crippen LogP contribution in [-0.4, -0.2) is 16.1 Å². The number of aryl methyl sites for hydroxylation is 2. The van der Waals surface area contributed by atoms with E-state index >= 15 is 0 Å². The molecule has 4 rings (SSSR count). The van der Waals surface area contributed by atoms with Crippen LogP contribution in [0.2, 0.25) is 0 Å². The first-order chi connectivity index (χ1) is 9.58. The molecule has 2 aromatic rings. The Bertz CT molecular complexity index is 763. The van der Waals surface area contributed by atoms with E-state index in [1.54, 1.807) is 0 Å². The van der Waals surface area contributed by atoms with Gasteiger partial charge in [-0.1, -0.05) is 12.1 Å². The van der Waals surface area contributed by atoms with E-state index in [0.717, 1.165) is 46.1 Å². The molecule has 1 aromatic carbocycles. The number of aromatic carboxylic acids is 1. The third-order valence-corrected chi connectivity index (χ3v) is 5.06. The van der Waals surface area contributed by atoms with Crippen LogP contribution < -0.4 is 0 Å². The maximum Gasteiger partial charge on any atom is 0.336 e. The van der Waals surface area contributed by atoms with Gasteiger partial charge in [-0.25, -0.2) is 4.79 Å². The van der Waals surface area contributed by atoms with Crippen molar-refractivity contribution in [3.05, 3.63) is 40.1 Å². The molecule has 2 aliphatic rings. The summed E-state index contributed by atoms with van der Waals surface area (Å²) in [5, 5.41) is 10.6. The molecular weight excluding hydrogens is 250 g/mol. The van der Waals surface area contributed by atoms with Crippen LogP contribution in [0, 0.1) is 13.8 Å². The van der Waals surface area contributed by atoms with Crippen LogP contribution in [0.4, 0.5) is 0 Å². The molecule has 2 bridgehead atoms. The number of nitrogens with zero attached hydrogens (tertiary/aromatic N) is 1. The van der Waals surface area contributed by atoms with Gasteiger partial charge in [0.25, 0.3) is 0 Å². The molecule has 0 radical (unpaired) electrons. The molecule has 0 saturated heterocycles. The van der Waals surface area contributed by atoms with Crippen molar-refractivity contribution < 1.29 is 9.90 Å². The van der Waals surface area contributed by atoms with Crippen molar-refractivity contribution >= 4 is 16.9 Å². The van der Waals surface area contributed by atoms with E-state index in [2.05, 4.69) is 0 Å². The van der Waals surface area contributed by atoms with Crippen LogP contribution in [0.3, 0.4) is 0 Å². The summed E-state index contributed by atoms with van der Waals surface area (Å²) in [7, 11) is 0. The average Bonchev–Trinajstić information content (AvgIpc) is 3.02. The summed E-state index contributed by atoms with van der Waals surface area (Å²) in [5.41, 5.74) is 5.60. The maximum atomic E-state index is 11.9. The molecule has 2 atom stereocenters.